The van der Waals surface area contributed by atoms with E-state index in [9.17, 15) is 13.2 Å². The summed E-state index contributed by atoms with van der Waals surface area (Å²) in [5.41, 5.74) is 2.02. The van der Waals surface area contributed by atoms with E-state index in [1.807, 2.05) is 18.2 Å². The minimum Gasteiger partial charge on any atom is -0.312 e. The lowest BCUT2D eigenvalue weighted by Gasteiger charge is -2.22. The van der Waals surface area contributed by atoms with E-state index in [-0.39, 0.29) is 5.91 Å². The SMILES string of the molecule is O=C1CCCN1c1ccc(S(=O)(=O)N2CCCN(Cc3ccccc3)CC2)cc1. The van der Waals surface area contributed by atoms with Gasteiger partial charge >= 0.3 is 0 Å². The van der Waals surface area contributed by atoms with Gasteiger partial charge in [-0.25, -0.2) is 8.42 Å². The van der Waals surface area contributed by atoms with Gasteiger partial charge in [-0.3, -0.25) is 9.69 Å². The van der Waals surface area contributed by atoms with Crippen molar-refractivity contribution < 1.29 is 13.2 Å². The molecule has 2 heterocycles. The first-order chi connectivity index (χ1) is 14.0. The second-order valence-corrected chi connectivity index (χ2v) is 9.60. The Bertz CT molecular complexity index is 945. The molecule has 4 rings (SSSR count). The third-order valence-electron chi connectivity index (χ3n) is 5.66. The predicted octanol–water partition coefficient (Wildman–Crippen LogP) is 2.71. The van der Waals surface area contributed by atoms with Crippen LogP contribution in [0.5, 0.6) is 0 Å². The van der Waals surface area contributed by atoms with E-state index in [1.165, 1.54) is 5.56 Å². The summed E-state index contributed by atoms with van der Waals surface area (Å²) in [5.74, 6) is 0.103. The van der Waals surface area contributed by atoms with Crippen molar-refractivity contribution in [3.63, 3.8) is 0 Å². The summed E-state index contributed by atoms with van der Waals surface area (Å²) in [4.78, 5) is 16.2. The Hall–Kier alpha value is -2.22. The molecule has 0 spiro atoms. The lowest BCUT2D eigenvalue weighted by atomic mass is 10.2. The predicted molar refractivity (Wildman–Crippen MR) is 113 cm³/mol. The number of carbonyl (C=O) groups is 1. The minimum atomic E-state index is -3.53. The molecule has 2 aromatic carbocycles. The molecule has 2 fully saturated rings. The second-order valence-electron chi connectivity index (χ2n) is 7.66. The maximum atomic E-state index is 13.1. The molecule has 2 aliphatic rings. The molecule has 29 heavy (non-hydrogen) atoms. The first-order valence-electron chi connectivity index (χ1n) is 10.2. The third-order valence-corrected chi connectivity index (χ3v) is 7.57. The van der Waals surface area contributed by atoms with Crippen molar-refractivity contribution in [1.82, 2.24) is 9.21 Å². The number of amides is 1. The molecular formula is C22H27N3O3S. The summed E-state index contributed by atoms with van der Waals surface area (Å²) in [6.07, 6.45) is 2.23. The van der Waals surface area contributed by atoms with Crippen LogP contribution >= 0.6 is 0 Å². The number of sulfonamides is 1. The Labute approximate surface area is 172 Å². The van der Waals surface area contributed by atoms with E-state index in [1.54, 1.807) is 33.5 Å². The van der Waals surface area contributed by atoms with Crippen LogP contribution in [-0.2, 0) is 21.4 Å². The van der Waals surface area contributed by atoms with E-state index < -0.39 is 10.0 Å². The van der Waals surface area contributed by atoms with Crippen molar-refractivity contribution in [3.8, 4) is 0 Å². The molecule has 0 radical (unpaired) electrons. The highest BCUT2D eigenvalue weighted by atomic mass is 32.2. The lowest BCUT2D eigenvalue weighted by molar-refractivity contribution is -0.117. The van der Waals surface area contributed by atoms with Gasteiger partial charge < -0.3 is 4.90 Å². The van der Waals surface area contributed by atoms with Gasteiger partial charge in [0.2, 0.25) is 15.9 Å². The number of nitrogens with zero attached hydrogens (tertiary/aromatic N) is 3. The maximum Gasteiger partial charge on any atom is 0.243 e. The van der Waals surface area contributed by atoms with Crippen LogP contribution in [0, 0.1) is 0 Å². The van der Waals surface area contributed by atoms with Crippen molar-refractivity contribution in [3.05, 3.63) is 60.2 Å². The Morgan fingerprint density at radius 2 is 1.55 bits per heavy atom. The van der Waals surface area contributed by atoms with Crippen LogP contribution in [0.15, 0.2) is 59.5 Å². The molecule has 0 saturated carbocycles. The fourth-order valence-corrected chi connectivity index (χ4v) is 5.53. The van der Waals surface area contributed by atoms with Crippen molar-refractivity contribution in [2.45, 2.75) is 30.7 Å². The highest BCUT2D eigenvalue weighted by Crippen LogP contribution is 2.25. The summed E-state index contributed by atoms with van der Waals surface area (Å²) in [7, 11) is -3.53. The van der Waals surface area contributed by atoms with Crippen LogP contribution in [0.1, 0.15) is 24.8 Å². The molecule has 2 saturated heterocycles. The molecule has 7 heteroatoms. The van der Waals surface area contributed by atoms with Gasteiger partial charge in [-0.15, -0.1) is 0 Å². The van der Waals surface area contributed by atoms with Crippen LogP contribution in [0.25, 0.3) is 0 Å². The fraction of sp³-hybridized carbons (Fsp3) is 0.409. The van der Waals surface area contributed by atoms with Crippen LogP contribution in [0.2, 0.25) is 0 Å². The Morgan fingerprint density at radius 1 is 0.793 bits per heavy atom. The summed E-state index contributed by atoms with van der Waals surface area (Å²) >= 11 is 0. The first kappa shape index (κ1) is 20.1. The minimum absolute atomic E-state index is 0.103. The topological polar surface area (TPSA) is 60.9 Å². The number of benzene rings is 2. The Morgan fingerprint density at radius 3 is 2.24 bits per heavy atom. The highest BCUT2D eigenvalue weighted by molar-refractivity contribution is 7.89. The van der Waals surface area contributed by atoms with Crippen LogP contribution in [0.3, 0.4) is 0 Å². The number of carbonyl (C=O) groups excluding carboxylic acids is 1. The number of anilines is 1. The molecule has 0 unspecified atom stereocenters. The van der Waals surface area contributed by atoms with E-state index in [4.69, 9.17) is 0 Å². The van der Waals surface area contributed by atoms with E-state index in [2.05, 4.69) is 17.0 Å². The van der Waals surface area contributed by atoms with Crippen LogP contribution in [0.4, 0.5) is 5.69 Å². The standard InChI is InChI=1S/C22H27N3O3S/c26-22-8-4-15-25(22)20-9-11-21(12-10-20)29(27,28)24-14-5-13-23(16-17-24)18-19-6-2-1-3-7-19/h1-3,6-7,9-12H,4-5,8,13-18H2. The van der Waals surface area contributed by atoms with Gasteiger partial charge in [0.15, 0.2) is 0 Å². The molecule has 0 aromatic heterocycles. The Balaban J connectivity index is 1.42. The summed E-state index contributed by atoms with van der Waals surface area (Å²) in [6, 6.07) is 17.0. The number of rotatable bonds is 5. The van der Waals surface area contributed by atoms with Crippen molar-refractivity contribution in [1.29, 1.82) is 0 Å². The molecule has 0 aliphatic carbocycles. The van der Waals surface area contributed by atoms with E-state index >= 15 is 0 Å². The molecule has 2 aromatic rings. The zero-order valence-electron chi connectivity index (χ0n) is 16.5. The van der Waals surface area contributed by atoms with Gasteiger partial charge in [-0.2, -0.15) is 4.31 Å². The average molecular weight is 414 g/mol. The van der Waals surface area contributed by atoms with Gasteiger partial charge in [0.05, 0.1) is 4.90 Å². The largest absolute Gasteiger partial charge is 0.312 e. The van der Waals surface area contributed by atoms with Gasteiger partial charge in [-0.05, 0) is 49.2 Å². The quantitative estimate of drug-likeness (QED) is 0.756. The van der Waals surface area contributed by atoms with E-state index in [0.717, 1.165) is 31.6 Å². The Kier molecular flexibility index (Phi) is 5.99. The van der Waals surface area contributed by atoms with Gasteiger partial charge in [0, 0.05) is 44.8 Å². The maximum absolute atomic E-state index is 13.1. The van der Waals surface area contributed by atoms with Crippen LogP contribution in [-0.4, -0.2) is 56.3 Å². The van der Waals surface area contributed by atoms with Crippen LogP contribution < -0.4 is 4.90 Å². The normalized spacial score (nSPS) is 19.4. The molecular weight excluding hydrogens is 386 g/mol. The van der Waals surface area contributed by atoms with Gasteiger partial charge in [-0.1, -0.05) is 30.3 Å². The molecule has 154 valence electrons. The number of hydrogen-bond acceptors (Lipinski definition) is 4. The van der Waals surface area contributed by atoms with Crippen molar-refractivity contribution in [2.24, 2.45) is 0 Å². The number of hydrogen-bond donors (Lipinski definition) is 0. The van der Waals surface area contributed by atoms with Gasteiger partial charge in [0.25, 0.3) is 0 Å². The molecule has 0 N–H and O–H groups in total. The summed E-state index contributed by atoms with van der Waals surface area (Å²) in [6.45, 7) is 4.16. The smallest absolute Gasteiger partial charge is 0.243 e. The zero-order chi connectivity index (χ0) is 20.3. The summed E-state index contributed by atoms with van der Waals surface area (Å²) < 4.78 is 27.8. The van der Waals surface area contributed by atoms with E-state index in [0.29, 0.717) is 37.5 Å². The molecule has 0 bridgehead atoms. The van der Waals surface area contributed by atoms with Crippen molar-refractivity contribution >= 4 is 21.6 Å². The van der Waals surface area contributed by atoms with Gasteiger partial charge in [0.1, 0.15) is 0 Å². The first-order valence-corrected chi connectivity index (χ1v) is 11.6. The molecule has 6 nitrogen and oxygen atoms in total. The summed E-state index contributed by atoms with van der Waals surface area (Å²) in [5, 5.41) is 0. The fourth-order valence-electron chi connectivity index (χ4n) is 4.06. The molecule has 1 amide bonds. The molecule has 0 atom stereocenters. The molecule has 2 aliphatic heterocycles. The monoisotopic (exact) mass is 413 g/mol. The average Bonchev–Trinajstić information content (AvgIpc) is 3.02. The second kappa shape index (κ2) is 8.65. The third kappa shape index (κ3) is 4.52. The highest BCUT2D eigenvalue weighted by Gasteiger charge is 2.28. The lowest BCUT2D eigenvalue weighted by Crippen LogP contribution is -2.35. The zero-order valence-corrected chi connectivity index (χ0v) is 17.4. The van der Waals surface area contributed by atoms with Crippen molar-refractivity contribution in [2.75, 3.05) is 37.6 Å².